The highest BCUT2D eigenvalue weighted by Gasteiger charge is 2.09. The molecule has 0 fully saturated rings. The fourth-order valence-electron chi connectivity index (χ4n) is 1.42. The zero-order chi connectivity index (χ0) is 6.97. The highest BCUT2D eigenvalue weighted by molar-refractivity contribution is 5.59. The Morgan fingerprint density at radius 2 is 2.30 bits per heavy atom. The fraction of sp³-hybridized carbons (Fsp3) is 0.222. The van der Waals surface area contributed by atoms with Crippen molar-refractivity contribution in [3.05, 3.63) is 36.2 Å². The van der Waals surface area contributed by atoms with Crippen LogP contribution in [0.5, 0.6) is 0 Å². The molecule has 1 N–H and O–H groups in total. The van der Waals surface area contributed by atoms with E-state index in [1.165, 1.54) is 16.8 Å². The van der Waals surface area contributed by atoms with Crippen molar-refractivity contribution in [1.29, 1.82) is 0 Å². The first-order valence-corrected chi connectivity index (χ1v) is 3.55. The quantitative estimate of drug-likeness (QED) is 0.568. The van der Waals surface area contributed by atoms with Crippen molar-refractivity contribution in [2.24, 2.45) is 0 Å². The highest BCUT2D eigenvalue weighted by atomic mass is 14.9. The summed E-state index contributed by atoms with van der Waals surface area (Å²) in [4.78, 5) is 0. The Balaban J connectivity index is 2.59. The van der Waals surface area contributed by atoms with Crippen LogP contribution < -0.4 is 5.32 Å². The minimum absolute atomic E-state index is 1.07. The number of rotatable bonds is 0. The van der Waals surface area contributed by atoms with Gasteiger partial charge in [0, 0.05) is 12.2 Å². The Hall–Kier alpha value is -0.980. The first-order chi connectivity index (χ1) is 4.88. The van der Waals surface area contributed by atoms with Gasteiger partial charge in [0.1, 0.15) is 0 Å². The van der Waals surface area contributed by atoms with Crippen molar-refractivity contribution in [2.75, 3.05) is 11.9 Å². The van der Waals surface area contributed by atoms with Gasteiger partial charge in [0.2, 0.25) is 0 Å². The molecule has 1 aliphatic heterocycles. The molecule has 1 nitrogen and oxygen atoms in total. The number of benzene rings is 1. The topological polar surface area (TPSA) is 12.0 Å². The van der Waals surface area contributed by atoms with Gasteiger partial charge in [0.15, 0.2) is 0 Å². The lowest BCUT2D eigenvalue weighted by Crippen LogP contribution is -1.90. The Morgan fingerprint density at radius 1 is 1.40 bits per heavy atom. The van der Waals surface area contributed by atoms with Crippen molar-refractivity contribution < 1.29 is 0 Å². The Labute approximate surface area is 61.1 Å². The average Bonchev–Trinajstić information content (AvgIpc) is 2.36. The van der Waals surface area contributed by atoms with Gasteiger partial charge in [-0.05, 0) is 30.5 Å². The smallest absolute Gasteiger partial charge is 0.0376 e. The second-order valence-corrected chi connectivity index (χ2v) is 2.62. The lowest BCUT2D eigenvalue weighted by molar-refractivity contribution is 1.10. The van der Waals surface area contributed by atoms with Crippen LogP contribution in [0.3, 0.4) is 0 Å². The van der Waals surface area contributed by atoms with Crippen molar-refractivity contribution in [1.82, 2.24) is 0 Å². The van der Waals surface area contributed by atoms with Gasteiger partial charge in [-0.15, -0.1) is 0 Å². The third kappa shape index (κ3) is 0.703. The summed E-state index contributed by atoms with van der Waals surface area (Å²) in [6.07, 6.45) is 1.13. The maximum absolute atomic E-state index is 3.95. The minimum Gasteiger partial charge on any atom is -0.384 e. The normalized spacial score (nSPS) is 14.5. The maximum Gasteiger partial charge on any atom is 0.0376 e. The van der Waals surface area contributed by atoms with E-state index in [2.05, 4.69) is 24.4 Å². The Kier molecular flexibility index (Phi) is 1.16. The summed E-state index contributed by atoms with van der Waals surface area (Å²) in [6, 6.07) is 6.21. The molecule has 0 aromatic heterocycles. The molecule has 0 spiro atoms. The molecule has 0 saturated carbocycles. The van der Waals surface area contributed by atoms with E-state index in [0.717, 1.165) is 13.0 Å². The van der Waals surface area contributed by atoms with Crippen LogP contribution in [-0.2, 0) is 6.42 Å². The first-order valence-electron chi connectivity index (χ1n) is 3.55. The van der Waals surface area contributed by atoms with Gasteiger partial charge in [-0.25, -0.2) is 0 Å². The average molecular weight is 132 g/mol. The van der Waals surface area contributed by atoms with Crippen LogP contribution in [0.15, 0.2) is 18.2 Å². The number of hydrogen-bond donors (Lipinski definition) is 1. The molecular weight excluding hydrogens is 122 g/mol. The van der Waals surface area contributed by atoms with E-state index in [-0.39, 0.29) is 0 Å². The van der Waals surface area contributed by atoms with E-state index in [4.69, 9.17) is 0 Å². The largest absolute Gasteiger partial charge is 0.384 e. The SMILES string of the molecule is [CH2]c1cccc2c1CCN2. The molecule has 1 aromatic rings. The summed E-state index contributed by atoms with van der Waals surface area (Å²) in [5, 5.41) is 3.30. The summed E-state index contributed by atoms with van der Waals surface area (Å²) < 4.78 is 0. The number of hydrogen-bond acceptors (Lipinski definition) is 1. The highest BCUT2D eigenvalue weighted by Crippen LogP contribution is 2.24. The predicted octanol–water partition coefficient (Wildman–Crippen LogP) is 1.84. The molecule has 0 atom stereocenters. The third-order valence-corrected chi connectivity index (χ3v) is 1.96. The Bertz CT molecular complexity index is 253. The molecule has 51 valence electrons. The zero-order valence-electron chi connectivity index (χ0n) is 5.85. The number of fused-ring (bicyclic) bond motifs is 1. The molecule has 10 heavy (non-hydrogen) atoms. The summed E-state index contributed by atoms with van der Waals surface area (Å²) in [6.45, 7) is 5.02. The monoisotopic (exact) mass is 132 g/mol. The summed E-state index contributed by atoms with van der Waals surface area (Å²) >= 11 is 0. The van der Waals surface area contributed by atoms with Crippen LogP contribution in [0.4, 0.5) is 5.69 Å². The summed E-state index contributed by atoms with van der Waals surface area (Å²) in [7, 11) is 0. The third-order valence-electron chi connectivity index (χ3n) is 1.96. The summed E-state index contributed by atoms with van der Waals surface area (Å²) in [5.74, 6) is 0. The van der Waals surface area contributed by atoms with Crippen LogP contribution in [0.1, 0.15) is 11.1 Å². The number of nitrogens with one attached hydrogen (secondary N) is 1. The standard InChI is InChI=1S/C9H10N/c1-7-3-2-4-9-8(7)5-6-10-9/h2-4,10H,1,5-6H2. The van der Waals surface area contributed by atoms with Gasteiger partial charge in [0.05, 0.1) is 0 Å². The Morgan fingerprint density at radius 3 is 3.10 bits per heavy atom. The molecule has 1 aromatic carbocycles. The van der Waals surface area contributed by atoms with Gasteiger partial charge >= 0.3 is 0 Å². The van der Waals surface area contributed by atoms with E-state index in [0.29, 0.717) is 0 Å². The molecule has 1 aliphatic rings. The van der Waals surface area contributed by atoms with E-state index >= 15 is 0 Å². The minimum atomic E-state index is 1.07. The molecule has 0 unspecified atom stereocenters. The van der Waals surface area contributed by atoms with Crippen molar-refractivity contribution >= 4 is 5.69 Å². The predicted molar refractivity (Wildman–Crippen MR) is 43.1 cm³/mol. The van der Waals surface area contributed by atoms with Crippen molar-refractivity contribution in [2.45, 2.75) is 6.42 Å². The van der Waals surface area contributed by atoms with Crippen molar-refractivity contribution in [3.8, 4) is 0 Å². The summed E-state index contributed by atoms with van der Waals surface area (Å²) in [5.41, 5.74) is 3.83. The van der Waals surface area contributed by atoms with Gasteiger partial charge < -0.3 is 5.32 Å². The van der Waals surface area contributed by atoms with Gasteiger partial charge in [-0.1, -0.05) is 12.1 Å². The van der Waals surface area contributed by atoms with Gasteiger partial charge in [-0.2, -0.15) is 0 Å². The molecule has 1 heteroatoms. The number of anilines is 1. The fourth-order valence-corrected chi connectivity index (χ4v) is 1.42. The van der Waals surface area contributed by atoms with Crippen LogP contribution in [0, 0.1) is 6.92 Å². The maximum atomic E-state index is 3.95. The molecule has 0 bridgehead atoms. The van der Waals surface area contributed by atoms with Gasteiger partial charge in [0.25, 0.3) is 0 Å². The molecule has 0 aliphatic carbocycles. The molecule has 1 heterocycles. The van der Waals surface area contributed by atoms with E-state index in [9.17, 15) is 0 Å². The second-order valence-electron chi connectivity index (χ2n) is 2.62. The lowest BCUT2D eigenvalue weighted by Gasteiger charge is -2.00. The van der Waals surface area contributed by atoms with Crippen LogP contribution >= 0.6 is 0 Å². The molecule has 0 amide bonds. The zero-order valence-corrected chi connectivity index (χ0v) is 5.85. The molecule has 1 radical (unpaired) electrons. The van der Waals surface area contributed by atoms with Crippen LogP contribution in [0.25, 0.3) is 0 Å². The van der Waals surface area contributed by atoms with Gasteiger partial charge in [-0.3, -0.25) is 0 Å². The van der Waals surface area contributed by atoms with Crippen LogP contribution in [0.2, 0.25) is 0 Å². The second kappa shape index (κ2) is 2.01. The lowest BCUT2D eigenvalue weighted by atomic mass is 10.1. The molecular formula is C9H10N. The van der Waals surface area contributed by atoms with Crippen molar-refractivity contribution in [3.63, 3.8) is 0 Å². The molecule has 0 saturated heterocycles. The van der Waals surface area contributed by atoms with E-state index in [1.54, 1.807) is 0 Å². The molecule has 2 rings (SSSR count). The first kappa shape index (κ1) is 5.78. The van der Waals surface area contributed by atoms with E-state index in [1.807, 2.05) is 6.07 Å². The van der Waals surface area contributed by atoms with Crippen LogP contribution in [-0.4, -0.2) is 6.54 Å². The van der Waals surface area contributed by atoms with E-state index < -0.39 is 0 Å².